The van der Waals surface area contributed by atoms with E-state index in [1.165, 1.54) is 0 Å². The van der Waals surface area contributed by atoms with Crippen molar-refractivity contribution in [2.45, 2.75) is 95.9 Å². The molecule has 0 spiro atoms. The molecule has 2 N–H and O–H groups in total. The molecule has 0 aromatic rings. The topological polar surface area (TPSA) is 66.8 Å². The number of allylic oxidation sites excluding steroid dienone is 1. The van der Waals surface area contributed by atoms with Crippen molar-refractivity contribution < 1.29 is 19.7 Å². The van der Waals surface area contributed by atoms with E-state index < -0.39 is 5.97 Å². The largest absolute Gasteiger partial charge is 0.481 e. The van der Waals surface area contributed by atoms with Crippen molar-refractivity contribution in [3.05, 3.63) is 12.2 Å². The van der Waals surface area contributed by atoms with Gasteiger partial charge in [-0.05, 0) is 44.9 Å². The molecule has 0 saturated carbocycles. The highest BCUT2D eigenvalue weighted by molar-refractivity contribution is 5.66. The average molecular weight is 312 g/mol. The van der Waals surface area contributed by atoms with Gasteiger partial charge in [0.1, 0.15) is 0 Å². The molecule has 4 heteroatoms. The molecule has 0 bridgehead atoms. The summed E-state index contributed by atoms with van der Waals surface area (Å²) in [6.45, 7) is 2.13. The van der Waals surface area contributed by atoms with Gasteiger partial charge in [-0.15, -0.1) is 0 Å². The second kappa shape index (κ2) is 11.7. The van der Waals surface area contributed by atoms with Crippen LogP contribution < -0.4 is 0 Å². The Kier molecular flexibility index (Phi) is 10.2. The van der Waals surface area contributed by atoms with E-state index in [0.717, 1.165) is 57.8 Å². The zero-order valence-electron chi connectivity index (χ0n) is 13.9. The number of hydrogen-bond donors (Lipinski definition) is 2. The Morgan fingerprint density at radius 2 is 1.91 bits per heavy atom. The first-order chi connectivity index (χ1) is 10.6. The van der Waals surface area contributed by atoms with Crippen molar-refractivity contribution >= 4 is 5.97 Å². The molecule has 3 atom stereocenters. The van der Waals surface area contributed by atoms with Crippen LogP contribution in [0.25, 0.3) is 0 Å². The standard InChI is InChI=1S/C18H32O4/c1-2-15-13-14-17(22-15)16(19)11-9-7-5-3-4-6-8-10-12-18(20)21/h7,9,15-17,19H,2-6,8,10-14H2,1H3,(H,20,21)/b9-7-. The zero-order valence-corrected chi connectivity index (χ0v) is 13.9. The van der Waals surface area contributed by atoms with Crippen LogP contribution in [-0.2, 0) is 9.53 Å². The van der Waals surface area contributed by atoms with Crippen molar-refractivity contribution in [2.75, 3.05) is 0 Å². The number of aliphatic carboxylic acids is 1. The lowest BCUT2D eigenvalue weighted by atomic mass is 10.1. The van der Waals surface area contributed by atoms with Gasteiger partial charge in [0.2, 0.25) is 0 Å². The first-order valence-electron chi connectivity index (χ1n) is 8.83. The molecule has 4 nitrogen and oxygen atoms in total. The van der Waals surface area contributed by atoms with Crippen LogP contribution >= 0.6 is 0 Å². The van der Waals surface area contributed by atoms with Gasteiger partial charge in [0, 0.05) is 6.42 Å². The molecule has 3 unspecified atom stereocenters. The minimum atomic E-state index is -0.696. The number of rotatable bonds is 12. The molecule has 1 rings (SSSR count). The van der Waals surface area contributed by atoms with Crippen molar-refractivity contribution in [3.8, 4) is 0 Å². The molecule has 0 aromatic carbocycles. The minimum absolute atomic E-state index is 0.0174. The average Bonchev–Trinajstić information content (AvgIpc) is 2.97. The number of aliphatic hydroxyl groups excluding tert-OH is 1. The van der Waals surface area contributed by atoms with E-state index in [4.69, 9.17) is 9.84 Å². The second-order valence-electron chi connectivity index (χ2n) is 6.26. The summed E-state index contributed by atoms with van der Waals surface area (Å²) in [6.07, 6.45) is 14.5. The lowest BCUT2D eigenvalue weighted by Crippen LogP contribution is -2.25. The molecule has 1 aliphatic heterocycles. The van der Waals surface area contributed by atoms with Gasteiger partial charge in [0.15, 0.2) is 0 Å². The Morgan fingerprint density at radius 1 is 1.18 bits per heavy atom. The third-order valence-corrected chi connectivity index (χ3v) is 4.33. The summed E-state index contributed by atoms with van der Waals surface area (Å²) in [5, 5.41) is 18.6. The quantitative estimate of drug-likeness (QED) is 0.421. The Balaban J connectivity index is 1.94. The lowest BCUT2D eigenvalue weighted by molar-refractivity contribution is -0.137. The summed E-state index contributed by atoms with van der Waals surface area (Å²) in [5.41, 5.74) is 0. The molecule has 1 aliphatic rings. The lowest BCUT2D eigenvalue weighted by Gasteiger charge is -2.17. The molecule has 1 fully saturated rings. The predicted octanol–water partition coefficient (Wildman–Crippen LogP) is 4.07. The van der Waals surface area contributed by atoms with E-state index in [9.17, 15) is 9.90 Å². The molecule has 0 amide bonds. The Labute approximate surface area is 134 Å². The Hall–Kier alpha value is -0.870. The molecule has 22 heavy (non-hydrogen) atoms. The molecular weight excluding hydrogens is 280 g/mol. The summed E-state index contributed by atoms with van der Waals surface area (Å²) in [6, 6.07) is 0. The smallest absolute Gasteiger partial charge is 0.303 e. The highest BCUT2D eigenvalue weighted by Gasteiger charge is 2.28. The number of ether oxygens (including phenoxy) is 1. The van der Waals surface area contributed by atoms with Gasteiger partial charge in [0.25, 0.3) is 0 Å². The van der Waals surface area contributed by atoms with Gasteiger partial charge in [-0.3, -0.25) is 4.79 Å². The number of unbranched alkanes of at least 4 members (excludes halogenated alkanes) is 5. The SMILES string of the molecule is CCC1CCC(C(O)C/C=C\CCCCCCCC(=O)O)O1. The summed E-state index contributed by atoms with van der Waals surface area (Å²) in [5.74, 6) is -0.696. The van der Waals surface area contributed by atoms with Crippen LogP contribution in [0.4, 0.5) is 0 Å². The molecular formula is C18H32O4. The third-order valence-electron chi connectivity index (χ3n) is 4.33. The van der Waals surface area contributed by atoms with Crippen molar-refractivity contribution in [1.82, 2.24) is 0 Å². The fraction of sp³-hybridized carbons (Fsp3) is 0.833. The maximum absolute atomic E-state index is 10.4. The van der Waals surface area contributed by atoms with Gasteiger partial charge >= 0.3 is 5.97 Å². The number of carboxylic acids is 1. The van der Waals surface area contributed by atoms with Crippen LogP contribution in [0.3, 0.4) is 0 Å². The van der Waals surface area contributed by atoms with Crippen molar-refractivity contribution in [2.24, 2.45) is 0 Å². The van der Waals surface area contributed by atoms with Crippen LogP contribution in [0.1, 0.15) is 77.6 Å². The summed E-state index contributed by atoms with van der Waals surface area (Å²) in [4.78, 5) is 10.4. The monoisotopic (exact) mass is 312 g/mol. The number of aliphatic hydroxyl groups is 1. The fourth-order valence-electron chi connectivity index (χ4n) is 2.89. The summed E-state index contributed by atoms with van der Waals surface area (Å²) < 4.78 is 5.80. The molecule has 128 valence electrons. The van der Waals surface area contributed by atoms with Crippen LogP contribution in [-0.4, -0.2) is 34.5 Å². The first-order valence-corrected chi connectivity index (χ1v) is 8.83. The van der Waals surface area contributed by atoms with Crippen molar-refractivity contribution in [1.29, 1.82) is 0 Å². The molecule has 0 aromatic heterocycles. The van der Waals surface area contributed by atoms with Gasteiger partial charge in [-0.1, -0.05) is 38.3 Å². The fourth-order valence-corrected chi connectivity index (χ4v) is 2.89. The normalized spacial score (nSPS) is 23.2. The van der Waals surface area contributed by atoms with Crippen LogP contribution in [0, 0.1) is 0 Å². The molecule has 0 aliphatic carbocycles. The minimum Gasteiger partial charge on any atom is -0.481 e. The van der Waals surface area contributed by atoms with Gasteiger partial charge in [0.05, 0.1) is 18.3 Å². The molecule has 1 heterocycles. The number of carboxylic acid groups (broad SMARTS) is 1. The van der Waals surface area contributed by atoms with E-state index in [-0.39, 0.29) is 12.2 Å². The van der Waals surface area contributed by atoms with E-state index >= 15 is 0 Å². The van der Waals surface area contributed by atoms with Gasteiger partial charge < -0.3 is 14.9 Å². The van der Waals surface area contributed by atoms with Gasteiger partial charge in [-0.2, -0.15) is 0 Å². The summed E-state index contributed by atoms with van der Waals surface area (Å²) in [7, 11) is 0. The Bertz CT molecular complexity index is 327. The van der Waals surface area contributed by atoms with Gasteiger partial charge in [-0.25, -0.2) is 0 Å². The van der Waals surface area contributed by atoms with Crippen LogP contribution in [0.15, 0.2) is 12.2 Å². The van der Waals surface area contributed by atoms with E-state index in [1.54, 1.807) is 0 Å². The maximum Gasteiger partial charge on any atom is 0.303 e. The third kappa shape index (κ3) is 8.54. The van der Waals surface area contributed by atoms with E-state index in [2.05, 4.69) is 19.1 Å². The van der Waals surface area contributed by atoms with Crippen molar-refractivity contribution in [3.63, 3.8) is 0 Å². The van der Waals surface area contributed by atoms with Crippen LogP contribution in [0.2, 0.25) is 0 Å². The van der Waals surface area contributed by atoms with Crippen LogP contribution in [0.5, 0.6) is 0 Å². The molecule has 1 saturated heterocycles. The van der Waals surface area contributed by atoms with E-state index in [0.29, 0.717) is 18.9 Å². The van der Waals surface area contributed by atoms with E-state index in [1.807, 2.05) is 0 Å². The maximum atomic E-state index is 10.4. The zero-order chi connectivity index (χ0) is 16.2. The summed E-state index contributed by atoms with van der Waals surface area (Å²) >= 11 is 0. The Morgan fingerprint density at radius 3 is 2.59 bits per heavy atom. The second-order valence-corrected chi connectivity index (χ2v) is 6.26. The molecule has 0 radical (unpaired) electrons. The highest BCUT2D eigenvalue weighted by atomic mass is 16.5. The first kappa shape index (κ1) is 19.2. The number of carbonyl (C=O) groups is 1. The highest BCUT2D eigenvalue weighted by Crippen LogP contribution is 2.25. The predicted molar refractivity (Wildman–Crippen MR) is 87.9 cm³/mol. The number of hydrogen-bond acceptors (Lipinski definition) is 3.